The highest BCUT2D eigenvalue weighted by Gasteiger charge is 2.48. The van der Waals surface area contributed by atoms with Crippen molar-refractivity contribution in [2.75, 3.05) is 13.2 Å². The van der Waals surface area contributed by atoms with Crippen LogP contribution in [-0.4, -0.2) is 41.0 Å². The minimum absolute atomic E-state index is 0.240. The Morgan fingerprint density at radius 2 is 1.73 bits per heavy atom. The number of carboxylic acid groups (broad SMARTS) is 2. The zero-order valence-corrected chi connectivity index (χ0v) is 8.11. The van der Waals surface area contributed by atoms with E-state index in [1.807, 2.05) is 0 Å². The molecular weight excluding hydrogens is 207 g/mol. The summed E-state index contributed by atoms with van der Waals surface area (Å²) in [5.41, 5.74) is -3.16. The lowest BCUT2D eigenvalue weighted by Crippen LogP contribution is -2.44. The topological polar surface area (TPSA) is 83.8 Å². The number of carboxylic acids is 2. The van der Waals surface area contributed by atoms with Crippen LogP contribution < -0.4 is 0 Å². The van der Waals surface area contributed by atoms with Gasteiger partial charge in [0.2, 0.25) is 0 Å². The van der Waals surface area contributed by atoms with E-state index in [0.29, 0.717) is 26.1 Å². The molecule has 86 valence electrons. The fourth-order valence-corrected chi connectivity index (χ4v) is 1.61. The molecule has 1 rings (SSSR count). The van der Waals surface area contributed by atoms with Gasteiger partial charge in [-0.3, -0.25) is 0 Å². The van der Waals surface area contributed by atoms with E-state index >= 15 is 0 Å². The summed E-state index contributed by atoms with van der Waals surface area (Å²) in [6.07, 6.45) is 0.527. The minimum Gasteiger partial charge on any atom is -0.478 e. The maximum atomic E-state index is 13.6. The third kappa shape index (κ3) is 2.65. The van der Waals surface area contributed by atoms with Crippen LogP contribution in [0.1, 0.15) is 19.3 Å². The summed E-state index contributed by atoms with van der Waals surface area (Å²) >= 11 is 0. The molecule has 1 aliphatic rings. The SMILES string of the molecule is O=C(O)C(F)(CC1CCOCC1)C(=O)O. The Bertz CT molecular complexity index is 245. The largest absolute Gasteiger partial charge is 0.478 e. The van der Waals surface area contributed by atoms with E-state index in [1.165, 1.54) is 0 Å². The van der Waals surface area contributed by atoms with E-state index in [-0.39, 0.29) is 5.92 Å². The van der Waals surface area contributed by atoms with Crippen molar-refractivity contribution in [3.63, 3.8) is 0 Å². The van der Waals surface area contributed by atoms with Gasteiger partial charge in [-0.05, 0) is 18.8 Å². The van der Waals surface area contributed by atoms with Gasteiger partial charge in [0.1, 0.15) is 0 Å². The Labute approximate surface area is 85.8 Å². The van der Waals surface area contributed by atoms with E-state index in [4.69, 9.17) is 14.9 Å². The normalized spacial score (nSPS) is 18.7. The Morgan fingerprint density at radius 1 is 1.27 bits per heavy atom. The molecular formula is C9H13FO5. The first-order valence-corrected chi connectivity index (χ1v) is 4.70. The molecule has 6 heteroatoms. The van der Waals surface area contributed by atoms with Gasteiger partial charge in [0, 0.05) is 19.6 Å². The third-order valence-electron chi connectivity index (χ3n) is 2.59. The van der Waals surface area contributed by atoms with Gasteiger partial charge in [0.25, 0.3) is 0 Å². The number of hydrogen-bond acceptors (Lipinski definition) is 3. The molecule has 1 aliphatic heterocycles. The van der Waals surface area contributed by atoms with E-state index in [9.17, 15) is 14.0 Å². The average molecular weight is 220 g/mol. The zero-order valence-electron chi connectivity index (χ0n) is 8.11. The van der Waals surface area contributed by atoms with Gasteiger partial charge in [-0.25, -0.2) is 14.0 Å². The summed E-state index contributed by atoms with van der Waals surface area (Å²) < 4.78 is 18.6. The molecule has 0 aromatic rings. The molecule has 1 fully saturated rings. The molecule has 0 aromatic heterocycles. The summed E-state index contributed by atoms with van der Waals surface area (Å²) in [7, 11) is 0. The summed E-state index contributed by atoms with van der Waals surface area (Å²) in [6.45, 7) is 0.861. The lowest BCUT2D eigenvalue weighted by atomic mass is 9.87. The summed E-state index contributed by atoms with van der Waals surface area (Å²) in [5, 5.41) is 17.1. The number of halogens is 1. The number of rotatable bonds is 4. The molecule has 0 spiro atoms. The van der Waals surface area contributed by atoms with Crippen molar-refractivity contribution in [3.05, 3.63) is 0 Å². The fraction of sp³-hybridized carbons (Fsp3) is 0.778. The first kappa shape index (κ1) is 11.9. The van der Waals surface area contributed by atoms with Crippen LogP contribution in [-0.2, 0) is 14.3 Å². The van der Waals surface area contributed by atoms with E-state index in [2.05, 4.69) is 0 Å². The van der Waals surface area contributed by atoms with E-state index in [1.54, 1.807) is 0 Å². The molecule has 0 aliphatic carbocycles. The predicted molar refractivity (Wildman–Crippen MR) is 47.3 cm³/mol. The van der Waals surface area contributed by atoms with Crippen LogP contribution >= 0.6 is 0 Å². The van der Waals surface area contributed by atoms with Crippen molar-refractivity contribution in [1.82, 2.24) is 0 Å². The smallest absolute Gasteiger partial charge is 0.353 e. The molecule has 1 heterocycles. The first-order valence-electron chi connectivity index (χ1n) is 4.70. The third-order valence-corrected chi connectivity index (χ3v) is 2.59. The molecule has 2 N–H and O–H groups in total. The highest BCUT2D eigenvalue weighted by Crippen LogP contribution is 2.28. The van der Waals surface area contributed by atoms with Crippen molar-refractivity contribution in [1.29, 1.82) is 0 Å². The molecule has 0 radical (unpaired) electrons. The van der Waals surface area contributed by atoms with Gasteiger partial charge >= 0.3 is 17.6 Å². The van der Waals surface area contributed by atoms with Crippen molar-refractivity contribution < 1.29 is 28.9 Å². The van der Waals surface area contributed by atoms with Crippen LogP contribution in [0.3, 0.4) is 0 Å². The van der Waals surface area contributed by atoms with E-state index in [0.717, 1.165) is 0 Å². The minimum atomic E-state index is -3.16. The second kappa shape index (κ2) is 4.57. The lowest BCUT2D eigenvalue weighted by molar-refractivity contribution is -0.169. The van der Waals surface area contributed by atoms with Crippen LogP contribution in [0, 0.1) is 5.92 Å². The Kier molecular flexibility index (Phi) is 3.62. The van der Waals surface area contributed by atoms with Gasteiger partial charge in [-0.2, -0.15) is 0 Å². The number of aliphatic carboxylic acids is 2. The number of ether oxygens (including phenoxy) is 1. The Hall–Kier alpha value is -1.17. The highest BCUT2D eigenvalue weighted by molar-refractivity contribution is 6.01. The average Bonchev–Trinajstić information content (AvgIpc) is 2.18. The molecule has 5 nitrogen and oxygen atoms in total. The maximum Gasteiger partial charge on any atom is 0.353 e. The predicted octanol–water partition coefficient (Wildman–Crippen LogP) is 0.681. The molecule has 0 bridgehead atoms. The summed E-state index contributed by atoms with van der Waals surface area (Å²) in [5.74, 6) is -4.10. The summed E-state index contributed by atoms with van der Waals surface area (Å²) in [6, 6.07) is 0. The van der Waals surface area contributed by atoms with Crippen molar-refractivity contribution in [2.24, 2.45) is 5.92 Å². The molecule has 1 saturated heterocycles. The highest BCUT2D eigenvalue weighted by atomic mass is 19.1. The first-order chi connectivity index (χ1) is 6.97. The molecule has 0 saturated carbocycles. The van der Waals surface area contributed by atoms with Crippen molar-refractivity contribution in [3.8, 4) is 0 Å². The van der Waals surface area contributed by atoms with Gasteiger partial charge in [-0.15, -0.1) is 0 Å². The maximum absolute atomic E-state index is 13.6. The molecule has 0 aromatic carbocycles. The van der Waals surface area contributed by atoms with Crippen LogP contribution in [0.25, 0.3) is 0 Å². The van der Waals surface area contributed by atoms with Gasteiger partial charge in [0.05, 0.1) is 0 Å². The molecule has 15 heavy (non-hydrogen) atoms. The van der Waals surface area contributed by atoms with Gasteiger partial charge in [0.15, 0.2) is 0 Å². The van der Waals surface area contributed by atoms with Gasteiger partial charge in [-0.1, -0.05) is 0 Å². The number of carbonyl (C=O) groups is 2. The standard InChI is InChI=1S/C9H13FO5/c10-9(7(11)12,8(13)14)5-6-1-3-15-4-2-6/h6H,1-5H2,(H,11,12)(H,13,14). The molecule has 0 unspecified atom stereocenters. The lowest BCUT2D eigenvalue weighted by Gasteiger charge is -2.26. The van der Waals surface area contributed by atoms with Crippen LogP contribution in [0.2, 0.25) is 0 Å². The molecule has 0 atom stereocenters. The Morgan fingerprint density at radius 3 is 2.13 bits per heavy atom. The van der Waals surface area contributed by atoms with E-state index < -0.39 is 24.0 Å². The molecule has 0 amide bonds. The van der Waals surface area contributed by atoms with Gasteiger partial charge < -0.3 is 14.9 Å². The van der Waals surface area contributed by atoms with Crippen LogP contribution in [0.5, 0.6) is 0 Å². The van der Waals surface area contributed by atoms with Crippen LogP contribution in [0.4, 0.5) is 4.39 Å². The second-order valence-electron chi connectivity index (χ2n) is 3.67. The Balaban J connectivity index is 2.65. The summed E-state index contributed by atoms with van der Waals surface area (Å²) in [4.78, 5) is 21.1. The monoisotopic (exact) mass is 220 g/mol. The quantitative estimate of drug-likeness (QED) is 0.680. The van der Waals surface area contributed by atoms with Crippen LogP contribution in [0.15, 0.2) is 0 Å². The number of alkyl halides is 1. The van der Waals surface area contributed by atoms with Crippen molar-refractivity contribution >= 4 is 11.9 Å². The second-order valence-corrected chi connectivity index (χ2v) is 3.67. The van der Waals surface area contributed by atoms with Crippen molar-refractivity contribution in [2.45, 2.75) is 24.9 Å². The fourth-order valence-electron chi connectivity index (χ4n) is 1.61. The zero-order chi connectivity index (χ0) is 11.5. The number of hydrogen-bond donors (Lipinski definition) is 2.